The molecule has 0 saturated carbocycles. The third-order valence-corrected chi connectivity index (χ3v) is 2.16. The Kier molecular flexibility index (Phi) is 3.62. The van der Waals surface area contributed by atoms with Crippen LogP contribution in [0.3, 0.4) is 0 Å². The molecule has 0 aliphatic heterocycles. The number of hydrogen-bond donors (Lipinski definition) is 0. The van der Waals surface area contributed by atoms with Crippen molar-refractivity contribution in [3.05, 3.63) is 28.3 Å². The molecule has 0 spiro atoms. The molecule has 0 fully saturated rings. The second-order valence-electron chi connectivity index (χ2n) is 3.82. The van der Waals surface area contributed by atoms with Gasteiger partial charge in [0.05, 0.1) is 7.05 Å². The normalized spacial score (nSPS) is 11.4. The van der Waals surface area contributed by atoms with E-state index in [9.17, 15) is 14.9 Å². The number of nitrogens with zero attached hydrogens (tertiary/aromatic N) is 4. The van der Waals surface area contributed by atoms with Crippen LogP contribution in [0.25, 0.3) is 5.57 Å². The van der Waals surface area contributed by atoms with Crippen LogP contribution in [0.4, 0.5) is 5.82 Å². The van der Waals surface area contributed by atoms with Gasteiger partial charge in [-0.3, -0.25) is 4.79 Å². The van der Waals surface area contributed by atoms with Crippen molar-refractivity contribution in [2.24, 2.45) is 7.05 Å². The zero-order valence-electron chi connectivity index (χ0n) is 10.2. The van der Waals surface area contributed by atoms with Crippen LogP contribution in [0.2, 0.25) is 0 Å². The summed E-state index contributed by atoms with van der Waals surface area (Å²) in [5, 5.41) is 10.7. The lowest BCUT2D eigenvalue weighted by Gasteiger charge is -2.07. The predicted molar refractivity (Wildman–Crippen MR) is 62.2 cm³/mol. The monoisotopic (exact) mass is 238 g/mol. The van der Waals surface area contributed by atoms with Gasteiger partial charge in [0, 0.05) is 20.3 Å². The molecule has 1 rings (SSSR count). The van der Waals surface area contributed by atoms with Gasteiger partial charge in [-0.25, -0.2) is 9.55 Å². The molecule has 17 heavy (non-hydrogen) atoms. The van der Waals surface area contributed by atoms with E-state index in [1.54, 1.807) is 25.2 Å². The molecular formula is C10H14N4O3. The molecule has 0 amide bonds. The number of carbonyl (C=O) groups is 1. The Morgan fingerprint density at radius 1 is 1.59 bits per heavy atom. The summed E-state index contributed by atoms with van der Waals surface area (Å²) in [6.07, 6.45) is 2.73. The van der Waals surface area contributed by atoms with Crippen molar-refractivity contribution in [1.82, 2.24) is 14.5 Å². The number of hydrogen-bond acceptors (Lipinski definition) is 5. The Bertz CT molecular complexity index is 488. The van der Waals surface area contributed by atoms with Crippen LogP contribution in [0, 0.1) is 10.1 Å². The summed E-state index contributed by atoms with van der Waals surface area (Å²) in [5.41, 5.74) is 0.339. The lowest BCUT2D eigenvalue weighted by atomic mass is 10.2. The van der Waals surface area contributed by atoms with E-state index in [-0.39, 0.29) is 17.4 Å². The van der Waals surface area contributed by atoms with Crippen molar-refractivity contribution in [1.29, 1.82) is 0 Å². The average Bonchev–Trinajstić information content (AvgIpc) is 2.56. The van der Waals surface area contributed by atoms with Crippen LogP contribution in [-0.4, -0.2) is 39.3 Å². The van der Waals surface area contributed by atoms with Crippen molar-refractivity contribution >= 4 is 17.2 Å². The van der Waals surface area contributed by atoms with Gasteiger partial charge in [-0.2, -0.15) is 0 Å². The summed E-state index contributed by atoms with van der Waals surface area (Å²) in [6, 6.07) is 0. The molecule has 0 aromatic carbocycles. The van der Waals surface area contributed by atoms with Crippen LogP contribution in [0.5, 0.6) is 0 Å². The molecule has 1 aromatic heterocycles. The highest BCUT2D eigenvalue weighted by Gasteiger charge is 2.22. The lowest BCUT2D eigenvalue weighted by Crippen LogP contribution is -2.10. The first kappa shape index (κ1) is 12.9. The summed E-state index contributed by atoms with van der Waals surface area (Å²) >= 11 is 0. The second kappa shape index (κ2) is 4.77. The molecule has 0 N–H and O–H groups in total. The fraction of sp³-hybridized carbons (Fsp3) is 0.400. The number of carbonyl (C=O) groups excluding carboxylic acids is 1. The zero-order chi connectivity index (χ0) is 13.2. The zero-order valence-corrected chi connectivity index (χ0v) is 10.2. The highest BCUT2D eigenvalue weighted by Crippen LogP contribution is 2.19. The summed E-state index contributed by atoms with van der Waals surface area (Å²) in [6.45, 7) is 1.40. The van der Waals surface area contributed by atoms with Gasteiger partial charge in [0.25, 0.3) is 0 Å². The van der Waals surface area contributed by atoms with Gasteiger partial charge in [-0.15, -0.1) is 0 Å². The number of nitro groups is 1. The van der Waals surface area contributed by atoms with Crippen LogP contribution in [0.1, 0.15) is 12.7 Å². The Hall–Kier alpha value is -2.18. The van der Waals surface area contributed by atoms with Gasteiger partial charge in [0.2, 0.25) is 5.82 Å². The topological polar surface area (TPSA) is 81.3 Å². The Balaban J connectivity index is 3.31. The van der Waals surface area contributed by atoms with Gasteiger partial charge < -0.3 is 15.0 Å². The second-order valence-corrected chi connectivity index (χ2v) is 3.82. The van der Waals surface area contributed by atoms with E-state index in [2.05, 4.69) is 4.98 Å². The number of imidazole rings is 1. The number of aromatic nitrogens is 2. The van der Waals surface area contributed by atoms with Crippen LogP contribution < -0.4 is 0 Å². The fourth-order valence-corrected chi connectivity index (χ4v) is 1.38. The Morgan fingerprint density at radius 3 is 2.53 bits per heavy atom. The minimum atomic E-state index is -0.538. The molecule has 0 aliphatic rings. The van der Waals surface area contributed by atoms with Gasteiger partial charge >= 0.3 is 5.82 Å². The van der Waals surface area contributed by atoms with E-state index in [0.717, 1.165) is 6.20 Å². The van der Waals surface area contributed by atoms with E-state index in [1.165, 1.54) is 18.5 Å². The Morgan fingerprint density at radius 2 is 2.18 bits per heavy atom. The number of rotatable bonds is 4. The third-order valence-electron chi connectivity index (χ3n) is 2.16. The standard InChI is InChI=1S/C10H14N4O3/c1-7(15)8(6-12(2)3)10-11-5-9(13(10)4)14(16)17/h5-6H,1-4H3/b8-6+. The van der Waals surface area contributed by atoms with Crippen LogP contribution in [0.15, 0.2) is 12.4 Å². The minimum Gasteiger partial charge on any atom is -0.383 e. The summed E-state index contributed by atoms with van der Waals surface area (Å²) in [4.78, 5) is 27.2. The SMILES string of the molecule is CC(=O)/C(=C\N(C)C)c1ncc([N+](=O)[O-])n1C. The van der Waals surface area contributed by atoms with Gasteiger partial charge in [-0.05, 0) is 11.8 Å². The van der Waals surface area contributed by atoms with Crippen molar-refractivity contribution in [3.63, 3.8) is 0 Å². The third kappa shape index (κ3) is 2.68. The summed E-state index contributed by atoms with van der Waals surface area (Å²) in [7, 11) is 5.04. The molecular weight excluding hydrogens is 224 g/mol. The highest BCUT2D eigenvalue weighted by atomic mass is 16.6. The Labute approximate surface area is 98.5 Å². The van der Waals surface area contributed by atoms with Gasteiger partial charge in [0.1, 0.15) is 11.8 Å². The molecule has 0 unspecified atom stereocenters. The largest absolute Gasteiger partial charge is 0.383 e. The molecule has 0 saturated heterocycles. The summed E-state index contributed by atoms with van der Waals surface area (Å²) in [5.74, 6) is -0.0499. The maximum atomic E-state index is 11.5. The van der Waals surface area contributed by atoms with Crippen LogP contribution in [-0.2, 0) is 11.8 Å². The number of allylic oxidation sites excluding steroid dienone is 1. The van der Waals surface area contributed by atoms with Crippen molar-refractivity contribution in [2.45, 2.75) is 6.92 Å². The van der Waals surface area contributed by atoms with E-state index < -0.39 is 4.92 Å². The van der Waals surface area contributed by atoms with Crippen LogP contribution >= 0.6 is 0 Å². The number of Topliss-reactive ketones (excluding diaryl/α,β-unsaturated/α-hetero) is 1. The quantitative estimate of drug-likeness (QED) is 0.440. The molecule has 92 valence electrons. The molecule has 7 heteroatoms. The first-order valence-corrected chi connectivity index (χ1v) is 4.90. The molecule has 0 radical (unpaired) electrons. The van der Waals surface area contributed by atoms with Crippen molar-refractivity contribution in [3.8, 4) is 0 Å². The maximum Gasteiger partial charge on any atom is 0.342 e. The van der Waals surface area contributed by atoms with Gasteiger partial charge in [-0.1, -0.05) is 0 Å². The molecule has 7 nitrogen and oxygen atoms in total. The highest BCUT2D eigenvalue weighted by molar-refractivity contribution is 6.18. The predicted octanol–water partition coefficient (Wildman–Crippen LogP) is 0.820. The molecule has 0 bridgehead atoms. The first-order valence-electron chi connectivity index (χ1n) is 4.90. The van der Waals surface area contributed by atoms with Gasteiger partial charge in [0.15, 0.2) is 5.78 Å². The first-order chi connectivity index (χ1) is 7.84. The molecule has 1 heterocycles. The minimum absolute atomic E-state index is 0.147. The summed E-state index contributed by atoms with van der Waals surface area (Å²) < 4.78 is 1.29. The van der Waals surface area contributed by atoms with Crippen molar-refractivity contribution < 1.29 is 9.72 Å². The number of ketones is 1. The van der Waals surface area contributed by atoms with E-state index >= 15 is 0 Å². The average molecular weight is 238 g/mol. The van der Waals surface area contributed by atoms with Crippen molar-refractivity contribution in [2.75, 3.05) is 14.1 Å². The maximum absolute atomic E-state index is 11.5. The molecule has 0 atom stereocenters. The van der Waals surface area contributed by atoms with E-state index in [4.69, 9.17) is 0 Å². The smallest absolute Gasteiger partial charge is 0.342 e. The van der Waals surface area contributed by atoms with E-state index in [1.807, 2.05) is 0 Å². The lowest BCUT2D eigenvalue weighted by molar-refractivity contribution is -0.391. The molecule has 0 aliphatic carbocycles. The molecule has 1 aromatic rings. The fourth-order valence-electron chi connectivity index (χ4n) is 1.38. The van der Waals surface area contributed by atoms with E-state index in [0.29, 0.717) is 5.57 Å².